The quantitative estimate of drug-likeness (QED) is 0.442. The molecule has 0 saturated carbocycles. The Morgan fingerprint density at radius 1 is 1.00 bits per heavy atom. The molecule has 0 saturated heterocycles. The molecule has 0 bridgehead atoms. The van der Waals surface area contributed by atoms with E-state index in [1.165, 1.54) is 12.8 Å². The molecular weight excluding hydrogens is 268 g/mol. The smallest absolute Gasteiger partial charge is 0.0644 e. The van der Waals surface area contributed by atoms with E-state index < -0.39 is 11.7 Å². The molecule has 4 heteroatoms. The molecule has 0 aliphatic rings. The number of aliphatic hydroxyl groups is 4. The topological polar surface area (TPSA) is 80.9 Å². The van der Waals surface area contributed by atoms with Crippen molar-refractivity contribution >= 4 is 0 Å². The van der Waals surface area contributed by atoms with Crippen molar-refractivity contribution in [1.82, 2.24) is 0 Å². The van der Waals surface area contributed by atoms with Gasteiger partial charge in [0.1, 0.15) is 0 Å². The zero-order chi connectivity index (χ0) is 16.7. The van der Waals surface area contributed by atoms with Gasteiger partial charge in [-0.05, 0) is 39.0 Å². The van der Waals surface area contributed by atoms with Crippen molar-refractivity contribution in [3.8, 4) is 0 Å². The van der Waals surface area contributed by atoms with Crippen LogP contribution in [-0.4, -0.2) is 45.3 Å². The summed E-state index contributed by atoms with van der Waals surface area (Å²) in [4.78, 5) is 0. The lowest BCUT2D eigenvalue weighted by molar-refractivity contribution is 0.00231. The maximum absolute atomic E-state index is 9.52. The minimum Gasteiger partial charge on any atom is -0.396 e. The normalized spacial score (nSPS) is 16.6. The van der Waals surface area contributed by atoms with E-state index in [2.05, 4.69) is 6.92 Å². The fourth-order valence-corrected chi connectivity index (χ4v) is 2.33. The van der Waals surface area contributed by atoms with E-state index in [1.54, 1.807) is 13.8 Å². The molecule has 0 rings (SSSR count). The molecule has 0 heterocycles. The van der Waals surface area contributed by atoms with Crippen LogP contribution in [0.1, 0.15) is 79.1 Å². The SMILES string of the molecule is CC(CO)CCCCCCO.CCCC(C)(O)CC(C)O. The molecule has 3 unspecified atom stereocenters. The van der Waals surface area contributed by atoms with Crippen molar-refractivity contribution in [3.63, 3.8) is 0 Å². The van der Waals surface area contributed by atoms with Gasteiger partial charge in [-0.25, -0.2) is 0 Å². The molecule has 0 aliphatic carbocycles. The molecule has 0 aromatic rings. The van der Waals surface area contributed by atoms with Crippen LogP contribution in [0.25, 0.3) is 0 Å². The second-order valence-corrected chi connectivity index (χ2v) is 6.51. The van der Waals surface area contributed by atoms with Crippen molar-refractivity contribution < 1.29 is 20.4 Å². The first-order valence-corrected chi connectivity index (χ1v) is 8.41. The minimum absolute atomic E-state index is 0.306. The van der Waals surface area contributed by atoms with Crippen LogP contribution in [0.2, 0.25) is 0 Å². The summed E-state index contributed by atoms with van der Waals surface area (Å²) in [6, 6.07) is 0. The third kappa shape index (κ3) is 19.8. The number of hydrogen-bond acceptors (Lipinski definition) is 4. The van der Waals surface area contributed by atoms with Crippen LogP contribution >= 0.6 is 0 Å². The van der Waals surface area contributed by atoms with Gasteiger partial charge in [-0.2, -0.15) is 0 Å². The van der Waals surface area contributed by atoms with Gasteiger partial charge in [0.15, 0.2) is 0 Å². The van der Waals surface area contributed by atoms with E-state index in [1.807, 2.05) is 6.92 Å². The van der Waals surface area contributed by atoms with Gasteiger partial charge in [-0.1, -0.05) is 39.5 Å². The van der Waals surface area contributed by atoms with E-state index in [4.69, 9.17) is 15.3 Å². The summed E-state index contributed by atoms with van der Waals surface area (Å²) in [7, 11) is 0. The Hall–Kier alpha value is -0.160. The van der Waals surface area contributed by atoms with Gasteiger partial charge in [0, 0.05) is 19.6 Å². The first-order valence-electron chi connectivity index (χ1n) is 8.41. The van der Waals surface area contributed by atoms with E-state index in [-0.39, 0.29) is 0 Å². The Morgan fingerprint density at radius 3 is 2.00 bits per heavy atom. The fraction of sp³-hybridized carbons (Fsp3) is 1.00. The standard InChI is InChI=1S/C9H20O2.C8H18O2/c1-9(8-11)6-4-2-3-5-7-10;1-4-5-8(3,10)6-7(2)9/h9-11H,2-8H2,1H3;7,9-10H,4-6H2,1-3H3. The molecule has 0 aromatic carbocycles. The summed E-state index contributed by atoms with van der Waals surface area (Å²) in [6.07, 6.45) is 7.32. The molecule has 0 fully saturated rings. The highest BCUT2D eigenvalue weighted by molar-refractivity contribution is 4.73. The Morgan fingerprint density at radius 2 is 1.57 bits per heavy atom. The molecule has 0 radical (unpaired) electrons. The van der Waals surface area contributed by atoms with Crippen LogP contribution in [0.4, 0.5) is 0 Å². The predicted octanol–water partition coefficient (Wildman–Crippen LogP) is 2.87. The van der Waals surface area contributed by atoms with E-state index >= 15 is 0 Å². The third-order valence-electron chi connectivity index (χ3n) is 3.44. The second kappa shape index (κ2) is 14.8. The number of aliphatic hydroxyl groups excluding tert-OH is 3. The van der Waals surface area contributed by atoms with Crippen LogP contribution in [0.3, 0.4) is 0 Å². The van der Waals surface area contributed by atoms with Gasteiger partial charge >= 0.3 is 0 Å². The Labute approximate surface area is 131 Å². The molecule has 0 aliphatic heterocycles. The summed E-state index contributed by atoms with van der Waals surface area (Å²) >= 11 is 0. The van der Waals surface area contributed by atoms with Gasteiger partial charge in [0.25, 0.3) is 0 Å². The molecule has 0 aromatic heterocycles. The van der Waals surface area contributed by atoms with Crippen LogP contribution < -0.4 is 0 Å². The summed E-state index contributed by atoms with van der Waals surface area (Å²) < 4.78 is 0. The lowest BCUT2D eigenvalue weighted by atomic mass is 9.94. The van der Waals surface area contributed by atoms with Crippen LogP contribution in [0.15, 0.2) is 0 Å². The molecule has 4 N–H and O–H groups in total. The zero-order valence-electron chi connectivity index (χ0n) is 14.5. The second-order valence-electron chi connectivity index (χ2n) is 6.51. The largest absolute Gasteiger partial charge is 0.396 e. The zero-order valence-corrected chi connectivity index (χ0v) is 14.5. The maximum atomic E-state index is 9.52. The highest BCUT2D eigenvalue weighted by Crippen LogP contribution is 2.17. The van der Waals surface area contributed by atoms with Gasteiger partial charge in [0.2, 0.25) is 0 Å². The Bertz CT molecular complexity index is 205. The van der Waals surface area contributed by atoms with E-state index in [9.17, 15) is 5.11 Å². The van der Waals surface area contributed by atoms with Crippen molar-refractivity contribution in [2.45, 2.75) is 90.8 Å². The van der Waals surface area contributed by atoms with Gasteiger partial charge in [0.05, 0.1) is 11.7 Å². The average Bonchev–Trinajstić information content (AvgIpc) is 2.37. The lowest BCUT2D eigenvalue weighted by Gasteiger charge is -2.23. The minimum atomic E-state index is -0.678. The van der Waals surface area contributed by atoms with Crippen LogP contribution in [-0.2, 0) is 0 Å². The summed E-state index contributed by atoms with van der Waals surface area (Å²) in [6.45, 7) is 8.17. The molecule has 130 valence electrons. The lowest BCUT2D eigenvalue weighted by Crippen LogP contribution is -2.28. The first kappa shape index (κ1) is 23.1. The van der Waals surface area contributed by atoms with Gasteiger partial charge in [-0.3, -0.25) is 0 Å². The Balaban J connectivity index is 0. The van der Waals surface area contributed by atoms with Gasteiger partial charge in [-0.15, -0.1) is 0 Å². The molecule has 0 amide bonds. The maximum Gasteiger partial charge on any atom is 0.0644 e. The third-order valence-corrected chi connectivity index (χ3v) is 3.44. The van der Waals surface area contributed by atoms with E-state index in [0.717, 1.165) is 32.1 Å². The average molecular weight is 306 g/mol. The monoisotopic (exact) mass is 306 g/mol. The highest BCUT2D eigenvalue weighted by atomic mass is 16.3. The number of rotatable bonds is 11. The van der Waals surface area contributed by atoms with Crippen molar-refractivity contribution in [2.75, 3.05) is 13.2 Å². The molecule has 4 nitrogen and oxygen atoms in total. The molecule has 0 spiro atoms. The first-order chi connectivity index (χ1) is 9.79. The number of unbranched alkanes of at least 4 members (excludes halogenated alkanes) is 3. The molecular formula is C17H38O4. The summed E-state index contributed by atoms with van der Waals surface area (Å²) in [5.41, 5.74) is -0.678. The van der Waals surface area contributed by atoms with E-state index in [0.29, 0.717) is 25.6 Å². The summed E-state index contributed by atoms with van der Waals surface area (Å²) in [5.74, 6) is 0.448. The summed E-state index contributed by atoms with van der Waals surface area (Å²) in [5, 5.41) is 35.7. The van der Waals surface area contributed by atoms with Crippen LogP contribution in [0.5, 0.6) is 0 Å². The molecule has 21 heavy (non-hydrogen) atoms. The van der Waals surface area contributed by atoms with Crippen LogP contribution in [0, 0.1) is 5.92 Å². The highest BCUT2D eigenvalue weighted by Gasteiger charge is 2.20. The number of hydrogen-bond donors (Lipinski definition) is 4. The van der Waals surface area contributed by atoms with Gasteiger partial charge < -0.3 is 20.4 Å². The Kier molecular flexibility index (Phi) is 16.2. The van der Waals surface area contributed by atoms with Crippen molar-refractivity contribution in [3.05, 3.63) is 0 Å². The predicted molar refractivity (Wildman–Crippen MR) is 88.3 cm³/mol. The van der Waals surface area contributed by atoms with Crippen molar-refractivity contribution in [2.24, 2.45) is 5.92 Å². The molecule has 3 atom stereocenters. The fourth-order valence-electron chi connectivity index (χ4n) is 2.33. The van der Waals surface area contributed by atoms with Crippen molar-refractivity contribution in [1.29, 1.82) is 0 Å².